The van der Waals surface area contributed by atoms with E-state index in [0.717, 1.165) is 11.3 Å². The van der Waals surface area contributed by atoms with Crippen molar-refractivity contribution in [3.63, 3.8) is 0 Å². The Labute approximate surface area is 112 Å². The summed E-state index contributed by atoms with van der Waals surface area (Å²) in [6, 6.07) is 12.0. The maximum Gasteiger partial charge on any atom is 0.189 e. The minimum Gasteiger partial charge on any atom is -0.370 e. The molecule has 3 N–H and O–H groups in total. The molecule has 1 aromatic carbocycles. The average molecular weight is 258 g/mol. The van der Waals surface area contributed by atoms with E-state index in [4.69, 9.17) is 10.3 Å². The largest absolute Gasteiger partial charge is 0.370 e. The van der Waals surface area contributed by atoms with Gasteiger partial charge in [-0.2, -0.15) is 0 Å². The summed E-state index contributed by atoms with van der Waals surface area (Å²) in [6.07, 6.45) is 0. The standard InChI is InChI=1S/C14H18N4O/c1-10(2)17-14(15)16-9-12-8-13(18-19-12)11-6-4-3-5-7-11/h3-8,10H,9H2,1-2H3,(H3,15,16,17). The van der Waals surface area contributed by atoms with Gasteiger partial charge in [0.25, 0.3) is 0 Å². The molecule has 0 aliphatic rings. The number of aliphatic imine (C=N–C) groups is 1. The SMILES string of the molecule is CC(C)NC(N)=NCc1cc(-c2ccccc2)no1. The van der Waals surface area contributed by atoms with Gasteiger partial charge < -0.3 is 15.6 Å². The summed E-state index contributed by atoms with van der Waals surface area (Å²) in [6.45, 7) is 4.39. The zero-order valence-corrected chi connectivity index (χ0v) is 11.1. The van der Waals surface area contributed by atoms with Crippen LogP contribution in [-0.4, -0.2) is 17.2 Å². The molecule has 0 spiro atoms. The number of nitrogens with two attached hydrogens (primary N) is 1. The predicted octanol–water partition coefficient (Wildman–Crippen LogP) is 2.15. The Morgan fingerprint density at radius 2 is 2.11 bits per heavy atom. The van der Waals surface area contributed by atoms with Crippen LogP contribution in [0, 0.1) is 0 Å². The molecule has 19 heavy (non-hydrogen) atoms. The van der Waals surface area contributed by atoms with Crippen molar-refractivity contribution in [3.8, 4) is 11.3 Å². The lowest BCUT2D eigenvalue weighted by Gasteiger charge is -2.07. The quantitative estimate of drug-likeness (QED) is 0.650. The van der Waals surface area contributed by atoms with Gasteiger partial charge in [-0.1, -0.05) is 35.5 Å². The molecule has 0 atom stereocenters. The molecule has 100 valence electrons. The molecule has 0 bridgehead atoms. The van der Waals surface area contributed by atoms with Crippen LogP contribution in [0.15, 0.2) is 45.9 Å². The Morgan fingerprint density at radius 3 is 2.79 bits per heavy atom. The van der Waals surface area contributed by atoms with Gasteiger partial charge in [0.1, 0.15) is 12.2 Å². The van der Waals surface area contributed by atoms with Crippen LogP contribution < -0.4 is 11.1 Å². The highest BCUT2D eigenvalue weighted by Crippen LogP contribution is 2.18. The fourth-order valence-electron chi connectivity index (χ4n) is 1.64. The van der Waals surface area contributed by atoms with Crippen LogP contribution in [-0.2, 0) is 6.54 Å². The van der Waals surface area contributed by atoms with E-state index in [2.05, 4.69) is 15.5 Å². The molecule has 0 amide bonds. The zero-order chi connectivity index (χ0) is 13.7. The summed E-state index contributed by atoms with van der Waals surface area (Å²) in [5.41, 5.74) is 7.55. The molecule has 0 saturated carbocycles. The van der Waals surface area contributed by atoms with E-state index in [1.165, 1.54) is 0 Å². The third kappa shape index (κ3) is 3.84. The van der Waals surface area contributed by atoms with Crippen molar-refractivity contribution in [2.24, 2.45) is 10.7 Å². The smallest absolute Gasteiger partial charge is 0.189 e. The number of hydrogen-bond acceptors (Lipinski definition) is 3. The number of aromatic nitrogens is 1. The molecule has 2 rings (SSSR count). The molecule has 5 heteroatoms. The van der Waals surface area contributed by atoms with Crippen molar-refractivity contribution >= 4 is 5.96 Å². The Hall–Kier alpha value is -2.30. The summed E-state index contributed by atoms with van der Waals surface area (Å²) in [7, 11) is 0. The molecule has 0 aliphatic carbocycles. The van der Waals surface area contributed by atoms with Crippen LogP contribution in [0.2, 0.25) is 0 Å². The van der Waals surface area contributed by atoms with Gasteiger partial charge in [-0.3, -0.25) is 0 Å². The number of benzene rings is 1. The Bertz CT molecular complexity index is 546. The van der Waals surface area contributed by atoms with E-state index >= 15 is 0 Å². The van der Waals surface area contributed by atoms with Crippen molar-refractivity contribution in [1.29, 1.82) is 0 Å². The van der Waals surface area contributed by atoms with Crippen LogP contribution in [0.4, 0.5) is 0 Å². The van der Waals surface area contributed by atoms with Crippen LogP contribution in [0.1, 0.15) is 19.6 Å². The van der Waals surface area contributed by atoms with Crippen LogP contribution in [0.5, 0.6) is 0 Å². The zero-order valence-electron chi connectivity index (χ0n) is 11.1. The van der Waals surface area contributed by atoms with E-state index in [1.807, 2.05) is 50.2 Å². The molecule has 0 saturated heterocycles. The molecular weight excluding hydrogens is 240 g/mol. The second kappa shape index (κ2) is 6.04. The summed E-state index contributed by atoms with van der Waals surface area (Å²) in [4.78, 5) is 4.19. The molecule has 5 nitrogen and oxygen atoms in total. The third-order valence-corrected chi connectivity index (χ3v) is 2.47. The number of nitrogens with one attached hydrogen (secondary N) is 1. The highest BCUT2D eigenvalue weighted by molar-refractivity contribution is 5.78. The molecule has 0 unspecified atom stereocenters. The van der Waals surface area contributed by atoms with Crippen molar-refractivity contribution in [3.05, 3.63) is 42.2 Å². The third-order valence-electron chi connectivity index (χ3n) is 2.47. The second-order valence-electron chi connectivity index (χ2n) is 4.54. The minimum absolute atomic E-state index is 0.262. The number of rotatable bonds is 4. The first-order valence-corrected chi connectivity index (χ1v) is 6.22. The Balaban J connectivity index is 2.02. The lowest BCUT2D eigenvalue weighted by Crippen LogP contribution is -2.36. The van der Waals surface area contributed by atoms with Crippen molar-refractivity contribution in [2.45, 2.75) is 26.4 Å². The van der Waals surface area contributed by atoms with Gasteiger partial charge >= 0.3 is 0 Å². The molecule has 1 aromatic heterocycles. The first kappa shape index (κ1) is 13.1. The van der Waals surface area contributed by atoms with E-state index in [0.29, 0.717) is 18.3 Å². The van der Waals surface area contributed by atoms with Gasteiger partial charge in [0.15, 0.2) is 11.7 Å². The highest BCUT2D eigenvalue weighted by Gasteiger charge is 2.05. The van der Waals surface area contributed by atoms with Crippen LogP contribution in [0.25, 0.3) is 11.3 Å². The van der Waals surface area contributed by atoms with Gasteiger partial charge in [0.05, 0.1) is 0 Å². The van der Waals surface area contributed by atoms with E-state index in [9.17, 15) is 0 Å². The van der Waals surface area contributed by atoms with Gasteiger partial charge in [-0.15, -0.1) is 0 Å². The van der Waals surface area contributed by atoms with Gasteiger partial charge in [0.2, 0.25) is 0 Å². The lowest BCUT2D eigenvalue weighted by atomic mass is 10.1. The topological polar surface area (TPSA) is 76.4 Å². The molecule has 0 fully saturated rings. The minimum atomic E-state index is 0.262. The molecule has 0 aliphatic heterocycles. The van der Waals surface area contributed by atoms with Gasteiger partial charge in [-0.25, -0.2) is 4.99 Å². The van der Waals surface area contributed by atoms with Crippen LogP contribution >= 0.6 is 0 Å². The molecular formula is C14H18N4O. The molecule has 0 radical (unpaired) electrons. The fraction of sp³-hybridized carbons (Fsp3) is 0.286. The summed E-state index contributed by atoms with van der Waals surface area (Å²) in [5.74, 6) is 1.10. The number of guanidine groups is 1. The number of hydrogen-bond donors (Lipinski definition) is 2. The Kier molecular flexibility index (Phi) is 4.18. The molecule has 1 heterocycles. The highest BCUT2D eigenvalue weighted by atomic mass is 16.5. The van der Waals surface area contributed by atoms with E-state index in [-0.39, 0.29) is 6.04 Å². The fourth-order valence-corrected chi connectivity index (χ4v) is 1.64. The maximum absolute atomic E-state index is 5.72. The monoisotopic (exact) mass is 258 g/mol. The summed E-state index contributed by atoms with van der Waals surface area (Å²) < 4.78 is 5.23. The maximum atomic E-state index is 5.72. The van der Waals surface area contributed by atoms with Crippen molar-refractivity contribution < 1.29 is 4.52 Å². The summed E-state index contributed by atoms with van der Waals surface area (Å²) >= 11 is 0. The average Bonchev–Trinajstić information content (AvgIpc) is 2.85. The normalized spacial score (nSPS) is 11.8. The Morgan fingerprint density at radius 1 is 1.37 bits per heavy atom. The van der Waals surface area contributed by atoms with E-state index < -0.39 is 0 Å². The first-order chi connectivity index (χ1) is 9.15. The number of nitrogens with zero attached hydrogens (tertiary/aromatic N) is 2. The van der Waals surface area contributed by atoms with Crippen molar-refractivity contribution in [2.75, 3.05) is 0 Å². The second-order valence-corrected chi connectivity index (χ2v) is 4.54. The van der Waals surface area contributed by atoms with E-state index in [1.54, 1.807) is 0 Å². The first-order valence-electron chi connectivity index (χ1n) is 6.22. The van der Waals surface area contributed by atoms with Crippen LogP contribution in [0.3, 0.4) is 0 Å². The predicted molar refractivity (Wildman–Crippen MR) is 75.5 cm³/mol. The van der Waals surface area contributed by atoms with Crippen molar-refractivity contribution in [1.82, 2.24) is 10.5 Å². The molecule has 2 aromatic rings. The summed E-state index contributed by atoms with van der Waals surface area (Å²) in [5, 5.41) is 7.04. The van der Waals surface area contributed by atoms with Gasteiger partial charge in [-0.05, 0) is 13.8 Å². The lowest BCUT2D eigenvalue weighted by molar-refractivity contribution is 0.387. The van der Waals surface area contributed by atoms with Gasteiger partial charge in [0, 0.05) is 17.7 Å².